The number of allylic oxidation sites excluding steroid dienone is 3. The van der Waals surface area contributed by atoms with Crippen molar-refractivity contribution >= 4 is 65.4 Å². The fourth-order valence-electron chi connectivity index (χ4n) is 10.8. The maximum Gasteiger partial charge on any atom is 0.410 e. The molecule has 0 bridgehead atoms. The van der Waals surface area contributed by atoms with Crippen LogP contribution in [-0.4, -0.2) is 178 Å². The fraction of sp³-hybridized carbons (Fsp3) is 0.625. The molecule has 9 amide bonds. The van der Waals surface area contributed by atoms with Crippen molar-refractivity contribution in [3.8, 4) is 0 Å². The Labute approximate surface area is 521 Å². The first-order valence-corrected chi connectivity index (χ1v) is 31.1. The molecular formula is C64H94N8O17. The second-order valence-electron chi connectivity index (χ2n) is 24.2. The lowest BCUT2D eigenvalue weighted by Crippen LogP contribution is -2.54. The number of amides is 9. The molecule has 0 radical (unpaired) electrons. The molecule has 0 aromatic heterocycles. The summed E-state index contributed by atoms with van der Waals surface area (Å²) in [5, 5.41) is 32.1. The highest BCUT2D eigenvalue weighted by molar-refractivity contribution is 6.12. The number of cyclic esters (lactones) is 1. The molecule has 25 heteroatoms. The number of hydrogen-bond acceptors (Lipinski definition) is 17. The number of piperazine rings is 1. The Morgan fingerprint density at radius 3 is 2.17 bits per heavy atom. The number of epoxide rings is 1. The van der Waals surface area contributed by atoms with E-state index in [1.807, 2.05) is 45.9 Å². The van der Waals surface area contributed by atoms with E-state index in [0.29, 0.717) is 36.9 Å². The smallest absolute Gasteiger partial charge is 0.410 e. The van der Waals surface area contributed by atoms with Crippen LogP contribution in [0.3, 0.4) is 0 Å². The summed E-state index contributed by atoms with van der Waals surface area (Å²) in [6.07, 6.45) is 9.94. The summed E-state index contributed by atoms with van der Waals surface area (Å²) in [5.74, 6) is -4.19. The van der Waals surface area contributed by atoms with Gasteiger partial charge in [-0.25, -0.2) is 14.4 Å². The van der Waals surface area contributed by atoms with Crippen LogP contribution in [0.4, 0.5) is 20.1 Å². The molecule has 2 saturated heterocycles. The number of hydrogen-bond donors (Lipinski definition) is 7. The summed E-state index contributed by atoms with van der Waals surface area (Å²) in [6.45, 7) is 16.6. The number of rotatable bonds is 28. The van der Waals surface area contributed by atoms with Gasteiger partial charge in [-0.3, -0.25) is 38.5 Å². The molecule has 4 aliphatic heterocycles. The Hall–Kier alpha value is -7.64. The van der Waals surface area contributed by atoms with E-state index in [0.717, 1.165) is 16.9 Å². The van der Waals surface area contributed by atoms with Crippen LogP contribution in [0.1, 0.15) is 139 Å². The number of carbonyl (C=O) groups is 10. The van der Waals surface area contributed by atoms with E-state index in [4.69, 9.17) is 29.4 Å². The minimum absolute atomic E-state index is 0.00581. The van der Waals surface area contributed by atoms with E-state index < -0.39 is 90.0 Å². The van der Waals surface area contributed by atoms with Crippen LogP contribution < -0.4 is 27.0 Å². The Kier molecular flexibility index (Phi) is 28.3. The largest absolute Gasteiger partial charge is 0.457 e. The number of ether oxygens (including phenoxy) is 5. The van der Waals surface area contributed by atoms with Crippen LogP contribution in [0.25, 0.3) is 0 Å². The molecule has 89 heavy (non-hydrogen) atoms. The van der Waals surface area contributed by atoms with E-state index >= 15 is 0 Å². The van der Waals surface area contributed by atoms with E-state index in [1.54, 1.807) is 57.2 Å². The van der Waals surface area contributed by atoms with Gasteiger partial charge in [0.05, 0.1) is 30.8 Å². The summed E-state index contributed by atoms with van der Waals surface area (Å²) in [7, 11) is 0. The number of aliphatic hydroxyl groups is 2. The topological polar surface area (TPSA) is 344 Å². The molecule has 5 rings (SSSR count). The molecule has 0 saturated carbocycles. The minimum Gasteiger partial charge on any atom is -0.457 e. The zero-order chi connectivity index (χ0) is 65.5. The number of unbranched alkanes of at least 4 members (excludes halogenated alkanes) is 2. The number of urea groups is 1. The predicted octanol–water partition coefficient (Wildman–Crippen LogP) is 5.62. The number of nitrogens with zero attached hydrogens (tertiary/aromatic N) is 3. The average molecular weight is 1250 g/mol. The highest BCUT2D eigenvalue weighted by atomic mass is 16.6. The number of primary amides is 1. The van der Waals surface area contributed by atoms with Gasteiger partial charge in [-0.15, -0.1) is 0 Å². The summed E-state index contributed by atoms with van der Waals surface area (Å²) in [4.78, 5) is 132. The summed E-state index contributed by atoms with van der Waals surface area (Å²) in [6, 6.07) is 3.64. The molecule has 0 aliphatic carbocycles. The SMILES string of the molecule is CC[C@H](O)[C@@H](C)[C@H]1O[C@@H]1C[C@H](C)/C=C/C=C(\C)[C@H]1OC(=O)C[C@H](O)CC[C@@](C)(OC(C)=O)[C@@H](OC(=O)N2CCN(C(=O)OCc3ccc(NC(=O)[C@H](CCCNC(N)=O)NC(=O)[C@@H](NC(=O)CCCCCN4C(=O)C=CC4=O)C(C)C)cc3)CC2)/C=C/[C@@H]1C. The normalized spacial score (nSPS) is 24.5. The second-order valence-corrected chi connectivity index (χ2v) is 24.2. The van der Waals surface area contributed by atoms with Gasteiger partial charge in [0.1, 0.15) is 30.4 Å². The Balaban J connectivity index is 1.14. The Morgan fingerprint density at radius 2 is 1.54 bits per heavy atom. The standard InChI is InChI=1S/C64H94N8O17/c1-10-49(75)43(7)58-50(86-58)36-40(4)16-14-17-41(5)57-42(6)20-25-51(64(9,89-44(8)73)29-28-47(74)37-55(79)88-57)87-63(84)71-34-32-70(33-35-71)62(83)85-38-45-21-23-46(24-22-45)67-59(80)48(18-15-30-66-61(65)82)68-60(81)56(39(2)3)69-52(76)19-12-11-13-31-72-53(77)26-27-54(72)78/h14,16-17,20-27,39-40,42-43,47-51,56-58,74-75H,10-13,15,18-19,28-38H2,1-9H3,(H,67,80)(H,68,81)(H,69,76)(H3,65,66,82)/b16-14+,25-20+,41-17+/t40-,42+,43-,47-,48+,49+,50-,51+,56+,57-,58-,64-/m1/s1. The van der Waals surface area contributed by atoms with Crippen molar-refractivity contribution in [1.29, 1.82) is 0 Å². The van der Waals surface area contributed by atoms with Crippen LogP contribution in [0, 0.1) is 23.7 Å². The summed E-state index contributed by atoms with van der Waals surface area (Å²) in [5.41, 5.74) is 5.42. The summed E-state index contributed by atoms with van der Waals surface area (Å²) < 4.78 is 29.5. The van der Waals surface area contributed by atoms with Crippen LogP contribution in [0.15, 0.2) is 72.4 Å². The molecule has 2 fully saturated rings. The lowest BCUT2D eigenvalue weighted by Gasteiger charge is -2.38. The number of aliphatic hydroxyl groups excluding tert-OH is 2. The third kappa shape index (κ3) is 23.4. The van der Waals surface area contributed by atoms with E-state index in [1.165, 1.54) is 28.9 Å². The van der Waals surface area contributed by atoms with E-state index in [-0.39, 0.29) is 132 Å². The quantitative estimate of drug-likeness (QED) is 0.0102. The number of nitrogens with one attached hydrogen (secondary N) is 4. The molecule has 0 spiro atoms. The van der Waals surface area contributed by atoms with Crippen molar-refractivity contribution < 1.29 is 81.8 Å². The molecule has 8 N–H and O–H groups in total. The molecular weight excluding hydrogens is 1150 g/mol. The van der Waals surface area contributed by atoms with Crippen molar-refractivity contribution in [2.24, 2.45) is 29.4 Å². The lowest BCUT2D eigenvalue weighted by atomic mass is 9.88. The van der Waals surface area contributed by atoms with Gasteiger partial charge < -0.3 is 70.7 Å². The number of benzene rings is 1. The van der Waals surface area contributed by atoms with Crippen molar-refractivity contribution in [2.45, 2.75) is 194 Å². The van der Waals surface area contributed by atoms with Crippen molar-refractivity contribution in [3.63, 3.8) is 0 Å². The van der Waals surface area contributed by atoms with Gasteiger partial charge in [-0.05, 0) is 106 Å². The second kappa shape index (κ2) is 34.9. The third-order valence-electron chi connectivity index (χ3n) is 16.4. The maximum absolute atomic E-state index is 14.0. The maximum atomic E-state index is 14.0. The zero-order valence-electron chi connectivity index (χ0n) is 52.9. The first-order valence-electron chi connectivity index (χ1n) is 31.1. The first kappa shape index (κ1) is 72.1. The number of esters is 2. The highest BCUT2D eigenvalue weighted by Crippen LogP contribution is 2.37. The minimum atomic E-state index is -1.47. The number of anilines is 1. The molecule has 492 valence electrons. The first-order chi connectivity index (χ1) is 42.2. The Bertz CT molecular complexity index is 2730. The molecule has 4 heterocycles. The molecule has 25 nitrogen and oxygen atoms in total. The zero-order valence-corrected chi connectivity index (χ0v) is 52.9. The number of imide groups is 1. The summed E-state index contributed by atoms with van der Waals surface area (Å²) >= 11 is 0. The van der Waals surface area contributed by atoms with Gasteiger partial charge in [0.25, 0.3) is 11.8 Å². The van der Waals surface area contributed by atoms with Crippen molar-refractivity contribution in [1.82, 2.24) is 30.7 Å². The van der Waals surface area contributed by atoms with E-state index in [2.05, 4.69) is 28.2 Å². The van der Waals surface area contributed by atoms with Gasteiger partial charge in [0.2, 0.25) is 17.7 Å². The fourth-order valence-corrected chi connectivity index (χ4v) is 10.8. The van der Waals surface area contributed by atoms with Gasteiger partial charge in [0, 0.05) is 82.3 Å². The van der Waals surface area contributed by atoms with Gasteiger partial charge in [-0.2, -0.15) is 0 Å². The molecule has 0 unspecified atom stereocenters. The molecule has 1 aromatic carbocycles. The van der Waals surface area contributed by atoms with Crippen molar-refractivity contribution in [3.05, 3.63) is 77.9 Å². The Morgan fingerprint density at radius 1 is 0.876 bits per heavy atom. The number of carbonyl (C=O) groups excluding carboxylic acids is 10. The van der Waals surface area contributed by atoms with Crippen LogP contribution in [0.5, 0.6) is 0 Å². The van der Waals surface area contributed by atoms with Crippen LogP contribution in [0.2, 0.25) is 0 Å². The highest BCUT2D eigenvalue weighted by Gasteiger charge is 2.45. The van der Waals surface area contributed by atoms with Gasteiger partial charge in [-0.1, -0.05) is 84.4 Å². The van der Waals surface area contributed by atoms with Crippen LogP contribution in [-0.2, 0) is 63.9 Å². The third-order valence-corrected chi connectivity index (χ3v) is 16.4. The van der Waals surface area contributed by atoms with Crippen LogP contribution >= 0.6 is 0 Å². The molecule has 1 aromatic rings. The molecule has 4 aliphatic rings. The average Bonchev–Trinajstić information content (AvgIpc) is 3.65. The monoisotopic (exact) mass is 1250 g/mol. The van der Waals surface area contributed by atoms with Gasteiger partial charge in [0.15, 0.2) is 6.10 Å². The van der Waals surface area contributed by atoms with E-state index in [9.17, 15) is 58.2 Å². The number of nitrogens with two attached hydrogens (primary N) is 1. The van der Waals surface area contributed by atoms with Crippen molar-refractivity contribution in [2.75, 3.05) is 44.6 Å². The predicted molar refractivity (Wildman–Crippen MR) is 328 cm³/mol. The lowest BCUT2D eigenvalue weighted by molar-refractivity contribution is -0.168. The van der Waals surface area contributed by atoms with Gasteiger partial charge >= 0.3 is 30.2 Å². The molecule has 12 atom stereocenters.